The lowest BCUT2D eigenvalue weighted by Gasteiger charge is -2.06. The number of carboxylic acid groups (broad SMARTS) is 1. The number of aliphatic hydroxyl groups excluding tert-OH is 1. The van der Waals surface area contributed by atoms with E-state index in [1.165, 1.54) is 12.1 Å². The minimum absolute atomic E-state index is 0.129. The molecule has 0 atom stereocenters. The van der Waals surface area contributed by atoms with Gasteiger partial charge in [-0.3, -0.25) is 4.79 Å². The first-order valence-corrected chi connectivity index (χ1v) is 5.96. The second kappa shape index (κ2) is 6.61. The number of rotatable bonds is 4. The average molecular weight is 322 g/mol. The van der Waals surface area contributed by atoms with E-state index in [9.17, 15) is 14.7 Å². The van der Waals surface area contributed by atoms with Crippen LogP contribution in [0, 0.1) is 0 Å². The summed E-state index contributed by atoms with van der Waals surface area (Å²) in [4.78, 5) is 21.0. The molecule has 0 aliphatic carbocycles. The predicted octanol–water partition coefficient (Wildman–Crippen LogP) is 3.76. The Labute approximate surface area is 123 Å². The second-order valence-electron chi connectivity index (χ2n) is 3.32. The molecule has 19 heavy (non-hydrogen) atoms. The summed E-state index contributed by atoms with van der Waals surface area (Å²) in [6.45, 7) is 0. The van der Waals surface area contributed by atoms with E-state index in [2.05, 4.69) is 0 Å². The number of benzene rings is 1. The fraction of sp³-hybridized carbons (Fsp3) is 0. The molecule has 4 nitrogen and oxygen atoms in total. The summed E-state index contributed by atoms with van der Waals surface area (Å²) in [5.41, 5.74) is 0.139. The minimum atomic E-state index is -1.59. The Morgan fingerprint density at radius 2 is 1.58 bits per heavy atom. The van der Waals surface area contributed by atoms with Crippen molar-refractivity contribution in [3.05, 3.63) is 51.0 Å². The third-order valence-corrected chi connectivity index (χ3v) is 2.79. The minimum Gasteiger partial charge on any atom is -0.507 e. The molecule has 1 aromatic rings. The van der Waals surface area contributed by atoms with Crippen LogP contribution in [0.3, 0.4) is 0 Å². The summed E-state index contributed by atoms with van der Waals surface area (Å²) in [6.07, 6.45) is 2.96. The third kappa shape index (κ3) is 4.28. The zero-order valence-corrected chi connectivity index (χ0v) is 11.5. The topological polar surface area (TPSA) is 74.6 Å². The summed E-state index contributed by atoms with van der Waals surface area (Å²) < 4.78 is 0. The number of carboxylic acids is 1. The van der Waals surface area contributed by atoms with E-state index in [-0.39, 0.29) is 21.4 Å². The highest BCUT2D eigenvalue weighted by molar-refractivity contribution is 6.40. The number of aliphatic carboxylic acids is 1. The number of carbonyl (C=O) groups excluding carboxylic acids is 1. The number of aliphatic hydroxyl groups is 1. The number of hydrogen-bond donors (Lipinski definition) is 2. The molecule has 0 unspecified atom stereocenters. The molecule has 2 N–H and O–H groups in total. The fourth-order valence-corrected chi connectivity index (χ4v) is 2.18. The van der Waals surface area contributed by atoms with E-state index in [0.29, 0.717) is 5.02 Å². The van der Waals surface area contributed by atoms with Gasteiger partial charge in [0.2, 0.25) is 0 Å². The first kappa shape index (κ1) is 15.6. The highest BCUT2D eigenvalue weighted by atomic mass is 35.5. The molecule has 0 radical (unpaired) electrons. The first-order chi connectivity index (χ1) is 8.82. The number of hydrogen-bond acceptors (Lipinski definition) is 3. The number of halogens is 3. The second-order valence-corrected chi connectivity index (χ2v) is 4.58. The van der Waals surface area contributed by atoms with Gasteiger partial charge in [0.15, 0.2) is 0 Å². The molecular weight excluding hydrogens is 314 g/mol. The van der Waals surface area contributed by atoms with Gasteiger partial charge in [0.25, 0.3) is 5.78 Å². The summed E-state index contributed by atoms with van der Waals surface area (Å²) in [7, 11) is 0. The maximum atomic E-state index is 10.8. The monoisotopic (exact) mass is 320 g/mol. The lowest BCUT2D eigenvalue weighted by molar-refractivity contribution is -0.146. The largest absolute Gasteiger partial charge is 0.507 e. The Kier molecular flexibility index (Phi) is 5.42. The van der Waals surface area contributed by atoms with Crippen molar-refractivity contribution in [2.24, 2.45) is 0 Å². The molecule has 0 aliphatic rings. The van der Waals surface area contributed by atoms with Crippen molar-refractivity contribution in [3.8, 4) is 0 Å². The van der Waals surface area contributed by atoms with E-state index >= 15 is 0 Å². The van der Waals surface area contributed by atoms with Crippen LogP contribution in [-0.4, -0.2) is 22.0 Å². The molecule has 0 saturated carbocycles. The Morgan fingerprint density at radius 1 is 1.05 bits per heavy atom. The van der Waals surface area contributed by atoms with Crippen molar-refractivity contribution >= 4 is 52.3 Å². The first-order valence-electron chi connectivity index (χ1n) is 4.82. The zero-order valence-electron chi connectivity index (χ0n) is 9.23. The van der Waals surface area contributed by atoms with Crippen LogP contribution in [0.1, 0.15) is 5.56 Å². The number of carbonyl (C=O) groups is 2. The molecule has 0 bridgehead atoms. The molecule has 0 heterocycles. The van der Waals surface area contributed by atoms with E-state index in [4.69, 9.17) is 39.9 Å². The Bertz CT molecular complexity index is 568. The number of allylic oxidation sites excluding steroid dienone is 2. The van der Waals surface area contributed by atoms with Crippen molar-refractivity contribution in [1.82, 2.24) is 0 Å². The molecule has 0 aromatic heterocycles. The van der Waals surface area contributed by atoms with Gasteiger partial charge in [-0.15, -0.1) is 0 Å². The zero-order chi connectivity index (χ0) is 14.6. The van der Waals surface area contributed by atoms with E-state index < -0.39 is 11.8 Å². The van der Waals surface area contributed by atoms with Crippen LogP contribution < -0.4 is 0 Å². The summed E-state index contributed by atoms with van der Waals surface area (Å²) in [6, 6.07) is 2.78. The molecule has 0 fully saturated rings. The average Bonchev–Trinajstić information content (AvgIpc) is 2.26. The van der Waals surface area contributed by atoms with E-state index in [1.54, 1.807) is 0 Å². The van der Waals surface area contributed by atoms with Gasteiger partial charge in [0, 0.05) is 5.02 Å². The Hall–Kier alpha value is -1.49. The van der Waals surface area contributed by atoms with Crippen molar-refractivity contribution in [1.29, 1.82) is 0 Å². The van der Waals surface area contributed by atoms with Crippen molar-refractivity contribution < 1.29 is 19.8 Å². The molecule has 0 spiro atoms. The van der Waals surface area contributed by atoms with Crippen LogP contribution in [0.4, 0.5) is 0 Å². The van der Waals surface area contributed by atoms with Gasteiger partial charge in [-0.1, -0.05) is 40.9 Å². The molecule has 0 saturated heterocycles. The van der Waals surface area contributed by atoms with Crippen LogP contribution >= 0.6 is 34.8 Å². The van der Waals surface area contributed by atoms with Crippen LogP contribution in [0.5, 0.6) is 0 Å². The molecule has 100 valence electrons. The van der Waals surface area contributed by atoms with Crippen molar-refractivity contribution in [2.75, 3.05) is 0 Å². The third-order valence-electron chi connectivity index (χ3n) is 1.98. The predicted molar refractivity (Wildman–Crippen MR) is 73.9 cm³/mol. The van der Waals surface area contributed by atoms with Crippen molar-refractivity contribution in [2.45, 2.75) is 0 Å². The van der Waals surface area contributed by atoms with Gasteiger partial charge in [0.1, 0.15) is 5.76 Å². The molecule has 1 rings (SSSR count). The lowest BCUT2D eigenvalue weighted by atomic mass is 10.1. The number of ketones is 1. The maximum absolute atomic E-state index is 10.8. The van der Waals surface area contributed by atoms with Gasteiger partial charge in [-0.25, -0.2) is 4.79 Å². The maximum Gasteiger partial charge on any atom is 0.376 e. The summed E-state index contributed by atoms with van der Waals surface area (Å²) in [5.74, 6) is -3.02. The smallest absolute Gasteiger partial charge is 0.376 e. The highest BCUT2D eigenvalue weighted by Crippen LogP contribution is 2.33. The highest BCUT2D eigenvalue weighted by Gasteiger charge is 2.11. The molecule has 0 amide bonds. The standard InChI is InChI=1S/C12H7Cl3O4/c13-6-4-7(14)11(8(15)5-6)9(16)2-1-3-10(17)12(18)19/h1-5,16H,(H,18,19)/b3-1+,9-2-. The summed E-state index contributed by atoms with van der Waals surface area (Å²) >= 11 is 17.4. The fourth-order valence-electron chi connectivity index (χ4n) is 1.17. The van der Waals surface area contributed by atoms with Gasteiger partial charge < -0.3 is 10.2 Å². The van der Waals surface area contributed by atoms with Crippen molar-refractivity contribution in [3.63, 3.8) is 0 Å². The van der Waals surface area contributed by atoms with Crippen LogP contribution in [-0.2, 0) is 9.59 Å². The Balaban J connectivity index is 3.04. The van der Waals surface area contributed by atoms with Crippen LogP contribution in [0.2, 0.25) is 15.1 Å². The van der Waals surface area contributed by atoms with Gasteiger partial charge in [-0.2, -0.15) is 0 Å². The van der Waals surface area contributed by atoms with E-state index in [1.807, 2.05) is 0 Å². The Morgan fingerprint density at radius 3 is 2.05 bits per heavy atom. The van der Waals surface area contributed by atoms with Crippen LogP contribution in [0.15, 0.2) is 30.4 Å². The van der Waals surface area contributed by atoms with Gasteiger partial charge >= 0.3 is 5.97 Å². The quantitative estimate of drug-likeness (QED) is 0.383. The van der Waals surface area contributed by atoms with Gasteiger partial charge in [-0.05, 0) is 24.3 Å². The van der Waals surface area contributed by atoms with Gasteiger partial charge in [0.05, 0.1) is 15.6 Å². The normalized spacial score (nSPS) is 11.8. The lowest BCUT2D eigenvalue weighted by Crippen LogP contribution is -2.08. The SMILES string of the molecule is O=C(O)C(=O)/C=C/C=C(\O)c1c(Cl)cc(Cl)cc1Cl. The molecule has 7 heteroatoms. The van der Waals surface area contributed by atoms with E-state index in [0.717, 1.165) is 18.2 Å². The molecular formula is C12H7Cl3O4. The summed E-state index contributed by atoms with van der Waals surface area (Å²) in [5, 5.41) is 18.7. The van der Waals surface area contributed by atoms with Crippen LogP contribution in [0.25, 0.3) is 5.76 Å². The molecule has 0 aliphatic heterocycles. The molecule has 1 aromatic carbocycles.